The number of hydrogen-bond acceptors (Lipinski definition) is 4. The van der Waals surface area contributed by atoms with Crippen LogP contribution < -0.4 is 5.32 Å². The Morgan fingerprint density at radius 2 is 1.85 bits per heavy atom. The van der Waals surface area contributed by atoms with Gasteiger partial charge in [0, 0.05) is 44.1 Å². The molecule has 0 radical (unpaired) electrons. The third kappa shape index (κ3) is 5.06. The summed E-state index contributed by atoms with van der Waals surface area (Å²) >= 11 is 1.68. The number of carbonyl (C=O) groups is 1. The molecule has 2 amide bonds. The number of carbonyl (C=O) groups excluding carboxylic acids is 1. The number of amides is 2. The lowest BCUT2D eigenvalue weighted by Crippen LogP contribution is -2.53. The molecule has 1 aromatic carbocycles. The molecule has 5 nitrogen and oxygen atoms in total. The summed E-state index contributed by atoms with van der Waals surface area (Å²) in [5.74, 6) is 0. The molecule has 26 heavy (non-hydrogen) atoms. The average Bonchev–Trinajstić information content (AvgIpc) is 3.20. The fraction of sp³-hybridized carbons (Fsp3) is 0.450. The highest BCUT2D eigenvalue weighted by Crippen LogP contribution is 2.26. The quantitative estimate of drug-likeness (QED) is 0.847. The first kappa shape index (κ1) is 18.9. The van der Waals surface area contributed by atoms with Crippen molar-refractivity contribution in [1.29, 1.82) is 0 Å². The Bertz CT molecular complexity index is 666. The van der Waals surface area contributed by atoms with Crippen LogP contribution in [0.1, 0.15) is 16.5 Å². The summed E-state index contributed by atoms with van der Waals surface area (Å²) in [4.78, 5) is 20.6. The van der Waals surface area contributed by atoms with Crippen molar-refractivity contribution in [3.8, 4) is 0 Å². The zero-order valence-electron chi connectivity index (χ0n) is 15.6. The van der Waals surface area contributed by atoms with Gasteiger partial charge in [0.2, 0.25) is 0 Å². The number of piperazine rings is 1. The smallest absolute Gasteiger partial charge is 0.318 e. The van der Waals surface area contributed by atoms with Crippen LogP contribution in [0.4, 0.5) is 4.79 Å². The first-order valence-electron chi connectivity index (χ1n) is 9.14. The normalized spacial score (nSPS) is 16.7. The number of urea groups is 1. The number of nitrogens with zero attached hydrogens (tertiary/aromatic N) is 3. The molecule has 0 spiro atoms. The summed E-state index contributed by atoms with van der Waals surface area (Å²) < 4.78 is 0. The van der Waals surface area contributed by atoms with Crippen LogP contribution in [0.25, 0.3) is 0 Å². The van der Waals surface area contributed by atoms with Crippen LogP contribution >= 0.6 is 11.3 Å². The van der Waals surface area contributed by atoms with Gasteiger partial charge in [-0.05, 0) is 31.1 Å². The Hall–Kier alpha value is -1.89. The van der Waals surface area contributed by atoms with Crippen molar-refractivity contribution in [2.24, 2.45) is 0 Å². The third-order valence-electron chi connectivity index (χ3n) is 4.75. The molecule has 3 rings (SSSR count). The van der Waals surface area contributed by atoms with Crippen LogP contribution in [0.3, 0.4) is 0 Å². The Kier molecular flexibility index (Phi) is 6.66. The molecule has 1 unspecified atom stereocenters. The summed E-state index contributed by atoms with van der Waals surface area (Å²) in [6, 6.07) is 14.2. The van der Waals surface area contributed by atoms with Gasteiger partial charge in [-0.2, -0.15) is 0 Å². The summed E-state index contributed by atoms with van der Waals surface area (Å²) in [6.45, 7) is 5.56. The van der Waals surface area contributed by atoms with E-state index in [1.54, 1.807) is 11.3 Å². The van der Waals surface area contributed by atoms with E-state index in [0.717, 1.165) is 49.7 Å². The molecule has 1 aliphatic heterocycles. The predicted octanol–water partition coefficient (Wildman–Crippen LogP) is 2.73. The molecule has 1 N–H and O–H groups in total. The Morgan fingerprint density at radius 1 is 1.12 bits per heavy atom. The van der Waals surface area contributed by atoms with E-state index < -0.39 is 0 Å². The van der Waals surface area contributed by atoms with Crippen molar-refractivity contribution in [3.05, 3.63) is 58.3 Å². The van der Waals surface area contributed by atoms with E-state index in [0.29, 0.717) is 0 Å². The molecule has 0 bridgehead atoms. The minimum Gasteiger partial charge on any atom is -0.326 e. The minimum absolute atomic E-state index is 0.0273. The number of rotatable bonds is 6. The summed E-state index contributed by atoms with van der Waals surface area (Å²) in [5.41, 5.74) is 1.12. The number of thiophene rings is 1. The summed E-state index contributed by atoms with van der Waals surface area (Å²) in [6.07, 6.45) is 0. The number of benzene rings is 1. The van der Waals surface area contributed by atoms with Crippen molar-refractivity contribution in [2.45, 2.75) is 6.04 Å². The zero-order chi connectivity index (χ0) is 18.4. The van der Waals surface area contributed by atoms with E-state index >= 15 is 0 Å². The molecular formula is C20H28N4OS. The highest BCUT2D eigenvalue weighted by molar-refractivity contribution is 7.10. The van der Waals surface area contributed by atoms with E-state index in [2.05, 4.69) is 52.8 Å². The van der Waals surface area contributed by atoms with Gasteiger partial charge in [-0.25, -0.2) is 4.79 Å². The largest absolute Gasteiger partial charge is 0.326 e. The lowest BCUT2D eigenvalue weighted by molar-refractivity contribution is 0.132. The number of hydrogen-bond donors (Lipinski definition) is 1. The second-order valence-electron chi connectivity index (χ2n) is 6.94. The molecule has 2 heterocycles. The molecule has 2 aromatic rings. The highest BCUT2D eigenvalue weighted by Gasteiger charge is 2.24. The standard InChI is InChI=1S/C20H28N4OS/c1-22(2)10-11-23-12-14-24(15-13-23)20(25)21-19(18-9-6-16-26-18)17-7-4-3-5-8-17/h3-9,16,19H,10-15H2,1-2H3,(H,21,25). The first-order valence-corrected chi connectivity index (χ1v) is 10.0. The third-order valence-corrected chi connectivity index (χ3v) is 5.69. The van der Waals surface area contributed by atoms with Gasteiger partial charge >= 0.3 is 6.03 Å². The van der Waals surface area contributed by atoms with E-state index in [1.165, 1.54) is 0 Å². The van der Waals surface area contributed by atoms with Gasteiger partial charge in [-0.15, -0.1) is 11.3 Å². The molecule has 1 aliphatic rings. The Balaban J connectivity index is 1.59. The van der Waals surface area contributed by atoms with Crippen LogP contribution in [0.15, 0.2) is 47.8 Å². The van der Waals surface area contributed by atoms with Crippen LogP contribution in [-0.4, -0.2) is 74.1 Å². The minimum atomic E-state index is -0.0875. The van der Waals surface area contributed by atoms with Crippen LogP contribution in [0.2, 0.25) is 0 Å². The van der Waals surface area contributed by atoms with Crippen molar-refractivity contribution in [3.63, 3.8) is 0 Å². The van der Waals surface area contributed by atoms with Crippen molar-refractivity contribution < 1.29 is 4.79 Å². The summed E-state index contributed by atoms with van der Waals surface area (Å²) in [7, 11) is 4.19. The fourth-order valence-corrected chi connectivity index (χ4v) is 3.95. The van der Waals surface area contributed by atoms with Crippen molar-refractivity contribution in [2.75, 3.05) is 53.4 Å². The van der Waals surface area contributed by atoms with E-state index in [-0.39, 0.29) is 12.1 Å². The maximum absolute atomic E-state index is 12.8. The molecule has 1 aromatic heterocycles. The lowest BCUT2D eigenvalue weighted by atomic mass is 10.1. The molecule has 0 saturated carbocycles. The summed E-state index contributed by atoms with van der Waals surface area (Å²) in [5, 5.41) is 5.30. The monoisotopic (exact) mass is 372 g/mol. The number of likely N-dealkylation sites (N-methyl/N-ethyl adjacent to an activating group) is 1. The highest BCUT2D eigenvalue weighted by atomic mass is 32.1. The SMILES string of the molecule is CN(C)CCN1CCN(C(=O)NC(c2ccccc2)c2cccs2)CC1. The van der Waals surface area contributed by atoms with E-state index in [1.807, 2.05) is 29.2 Å². The molecule has 1 atom stereocenters. The second kappa shape index (κ2) is 9.16. The molecule has 1 saturated heterocycles. The van der Waals surface area contributed by atoms with Crippen LogP contribution in [0.5, 0.6) is 0 Å². The van der Waals surface area contributed by atoms with Crippen molar-refractivity contribution in [1.82, 2.24) is 20.0 Å². The zero-order valence-corrected chi connectivity index (χ0v) is 16.4. The van der Waals surface area contributed by atoms with Crippen LogP contribution in [0, 0.1) is 0 Å². The second-order valence-corrected chi connectivity index (χ2v) is 7.92. The van der Waals surface area contributed by atoms with Crippen molar-refractivity contribution >= 4 is 17.4 Å². The van der Waals surface area contributed by atoms with Gasteiger partial charge in [-0.3, -0.25) is 4.90 Å². The molecular weight excluding hydrogens is 344 g/mol. The van der Waals surface area contributed by atoms with Gasteiger partial charge in [-0.1, -0.05) is 36.4 Å². The van der Waals surface area contributed by atoms with E-state index in [4.69, 9.17) is 0 Å². The Morgan fingerprint density at radius 3 is 2.46 bits per heavy atom. The van der Waals surface area contributed by atoms with Gasteiger partial charge in [0.25, 0.3) is 0 Å². The predicted molar refractivity (Wildman–Crippen MR) is 108 cm³/mol. The van der Waals surface area contributed by atoms with Gasteiger partial charge in [0.1, 0.15) is 0 Å². The maximum atomic E-state index is 12.8. The molecule has 0 aliphatic carbocycles. The molecule has 6 heteroatoms. The van der Waals surface area contributed by atoms with Gasteiger partial charge in [0.05, 0.1) is 6.04 Å². The molecule has 1 fully saturated rings. The average molecular weight is 373 g/mol. The van der Waals surface area contributed by atoms with E-state index in [9.17, 15) is 4.79 Å². The topological polar surface area (TPSA) is 38.8 Å². The van der Waals surface area contributed by atoms with Crippen LogP contribution in [-0.2, 0) is 0 Å². The fourth-order valence-electron chi connectivity index (χ4n) is 3.15. The number of nitrogens with one attached hydrogen (secondary N) is 1. The van der Waals surface area contributed by atoms with Gasteiger partial charge < -0.3 is 15.1 Å². The Labute approximate surface area is 160 Å². The molecule has 140 valence electrons. The first-order chi connectivity index (χ1) is 12.6. The maximum Gasteiger partial charge on any atom is 0.318 e. The lowest BCUT2D eigenvalue weighted by Gasteiger charge is -2.36. The van der Waals surface area contributed by atoms with Gasteiger partial charge in [0.15, 0.2) is 0 Å².